The first kappa shape index (κ1) is 19.2. The molecule has 0 aliphatic carbocycles. The van der Waals surface area contributed by atoms with Gasteiger partial charge in [0.2, 0.25) is 11.8 Å². The van der Waals surface area contributed by atoms with Crippen LogP contribution in [0.5, 0.6) is 0 Å². The number of imide groups is 1. The molecule has 0 bridgehead atoms. The zero-order chi connectivity index (χ0) is 18.9. The van der Waals surface area contributed by atoms with Crippen molar-refractivity contribution >= 4 is 45.8 Å². The van der Waals surface area contributed by atoms with E-state index in [-0.39, 0.29) is 12.1 Å². The molecule has 9 heteroatoms. The predicted octanol–water partition coefficient (Wildman–Crippen LogP) is 3.84. The van der Waals surface area contributed by atoms with Crippen LogP contribution in [0.2, 0.25) is 0 Å². The smallest absolute Gasteiger partial charge is 0.358 e. The highest BCUT2D eigenvalue weighted by Crippen LogP contribution is 2.35. The van der Waals surface area contributed by atoms with Crippen molar-refractivity contribution < 1.29 is 22.8 Å². The molecular weight excluding hydrogens is 385 g/mol. The van der Waals surface area contributed by atoms with Crippen molar-refractivity contribution in [3.8, 4) is 0 Å². The van der Waals surface area contributed by atoms with Gasteiger partial charge in [-0.15, -0.1) is 0 Å². The molecule has 26 heavy (non-hydrogen) atoms. The second-order valence-corrected chi connectivity index (χ2v) is 8.08. The van der Waals surface area contributed by atoms with E-state index >= 15 is 0 Å². The minimum atomic E-state index is -4.54. The van der Waals surface area contributed by atoms with Crippen LogP contribution >= 0.6 is 24.0 Å². The number of thiocarbonyl (C=S) groups is 1. The Bertz CT molecular complexity index is 733. The SMILES string of the molecule is O=C1CC(SC(=S)N2CCCCC2)C(=O)N1c1cccc(C(F)(F)F)c1. The molecule has 0 radical (unpaired) electrons. The largest absolute Gasteiger partial charge is 0.416 e. The summed E-state index contributed by atoms with van der Waals surface area (Å²) in [5.41, 5.74) is -0.947. The fraction of sp³-hybridized carbons (Fsp3) is 0.471. The number of carbonyl (C=O) groups excluding carboxylic acids is 2. The second kappa shape index (κ2) is 7.56. The number of carbonyl (C=O) groups is 2. The van der Waals surface area contributed by atoms with E-state index < -0.39 is 28.8 Å². The maximum atomic E-state index is 12.9. The number of likely N-dealkylation sites (tertiary alicyclic amines) is 1. The number of nitrogens with zero attached hydrogens (tertiary/aromatic N) is 2. The van der Waals surface area contributed by atoms with Gasteiger partial charge in [0.15, 0.2) is 0 Å². The van der Waals surface area contributed by atoms with E-state index in [9.17, 15) is 22.8 Å². The molecule has 2 fully saturated rings. The average Bonchev–Trinajstić information content (AvgIpc) is 2.88. The summed E-state index contributed by atoms with van der Waals surface area (Å²) < 4.78 is 39.2. The number of rotatable bonds is 2. The molecule has 1 aromatic carbocycles. The minimum Gasteiger partial charge on any atom is -0.358 e. The Hall–Kier alpha value is -1.61. The Morgan fingerprint density at radius 3 is 2.50 bits per heavy atom. The fourth-order valence-corrected chi connectivity index (χ4v) is 4.60. The number of thioether (sulfide) groups is 1. The molecule has 4 nitrogen and oxygen atoms in total. The first-order valence-electron chi connectivity index (χ1n) is 8.27. The first-order chi connectivity index (χ1) is 12.3. The van der Waals surface area contributed by atoms with Crippen molar-refractivity contribution in [2.75, 3.05) is 18.0 Å². The van der Waals surface area contributed by atoms with Crippen LogP contribution in [-0.2, 0) is 15.8 Å². The Morgan fingerprint density at radius 2 is 1.85 bits per heavy atom. The van der Waals surface area contributed by atoms with Crippen LogP contribution in [0.3, 0.4) is 0 Å². The van der Waals surface area contributed by atoms with Crippen LogP contribution in [0.4, 0.5) is 18.9 Å². The minimum absolute atomic E-state index is 0.0539. The highest BCUT2D eigenvalue weighted by Gasteiger charge is 2.42. The third-order valence-electron chi connectivity index (χ3n) is 4.39. The lowest BCUT2D eigenvalue weighted by atomic mass is 10.1. The van der Waals surface area contributed by atoms with Gasteiger partial charge in [0, 0.05) is 19.5 Å². The monoisotopic (exact) mass is 402 g/mol. The van der Waals surface area contributed by atoms with Crippen LogP contribution in [0.1, 0.15) is 31.2 Å². The molecule has 2 heterocycles. The molecule has 0 spiro atoms. The summed E-state index contributed by atoms with van der Waals surface area (Å²) in [5.74, 6) is -1.02. The molecule has 3 rings (SSSR count). The maximum absolute atomic E-state index is 12.9. The van der Waals surface area contributed by atoms with Crippen LogP contribution in [0.15, 0.2) is 24.3 Å². The molecule has 2 aliphatic rings. The predicted molar refractivity (Wildman–Crippen MR) is 98.0 cm³/mol. The quantitative estimate of drug-likeness (QED) is 0.555. The van der Waals surface area contributed by atoms with E-state index in [0.717, 1.165) is 61.1 Å². The molecule has 1 unspecified atom stereocenters. The molecule has 1 atom stereocenters. The van der Waals surface area contributed by atoms with Crippen molar-refractivity contribution in [1.82, 2.24) is 4.90 Å². The molecule has 2 saturated heterocycles. The third-order valence-corrected chi connectivity index (χ3v) is 6.05. The number of benzene rings is 1. The van der Waals surface area contributed by atoms with E-state index in [1.807, 2.05) is 4.90 Å². The molecule has 0 saturated carbocycles. The Balaban J connectivity index is 1.74. The number of anilines is 1. The number of piperidine rings is 1. The van der Waals surface area contributed by atoms with Gasteiger partial charge < -0.3 is 4.90 Å². The molecule has 2 aliphatic heterocycles. The van der Waals surface area contributed by atoms with Gasteiger partial charge in [0.1, 0.15) is 9.57 Å². The van der Waals surface area contributed by atoms with Crippen molar-refractivity contribution in [2.45, 2.75) is 37.1 Å². The number of hydrogen-bond acceptors (Lipinski definition) is 4. The van der Waals surface area contributed by atoms with E-state index in [1.54, 1.807) is 0 Å². The lowest BCUT2D eigenvalue weighted by molar-refractivity contribution is -0.137. The highest BCUT2D eigenvalue weighted by atomic mass is 32.2. The van der Waals surface area contributed by atoms with Gasteiger partial charge >= 0.3 is 6.18 Å². The van der Waals surface area contributed by atoms with Gasteiger partial charge in [-0.25, -0.2) is 4.90 Å². The van der Waals surface area contributed by atoms with E-state index in [2.05, 4.69) is 0 Å². The van der Waals surface area contributed by atoms with Gasteiger partial charge in [-0.3, -0.25) is 9.59 Å². The zero-order valence-corrected chi connectivity index (χ0v) is 15.4. The Morgan fingerprint density at radius 1 is 1.15 bits per heavy atom. The van der Waals surface area contributed by atoms with Gasteiger partial charge in [-0.1, -0.05) is 30.0 Å². The van der Waals surface area contributed by atoms with E-state index in [1.165, 1.54) is 12.1 Å². The summed E-state index contributed by atoms with van der Waals surface area (Å²) in [4.78, 5) is 27.7. The molecule has 0 N–H and O–H groups in total. The van der Waals surface area contributed by atoms with Crippen LogP contribution in [0.25, 0.3) is 0 Å². The van der Waals surface area contributed by atoms with Gasteiger partial charge in [-0.05, 0) is 37.5 Å². The van der Waals surface area contributed by atoms with E-state index in [0.29, 0.717) is 4.32 Å². The number of alkyl halides is 3. The third kappa shape index (κ3) is 4.03. The second-order valence-electron chi connectivity index (χ2n) is 6.24. The lowest BCUT2D eigenvalue weighted by Gasteiger charge is -2.29. The highest BCUT2D eigenvalue weighted by molar-refractivity contribution is 8.23. The molecule has 2 amide bonds. The topological polar surface area (TPSA) is 40.6 Å². The molecule has 0 aromatic heterocycles. The summed E-state index contributed by atoms with van der Waals surface area (Å²) >= 11 is 6.54. The summed E-state index contributed by atoms with van der Waals surface area (Å²) in [5, 5.41) is -0.688. The van der Waals surface area contributed by atoms with Crippen LogP contribution < -0.4 is 4.90 Å². The van der Waals surface area contributed by atoms with Crippen molar-refractivity contribution in [3.63, 3.8) is 0 Å². The van der Waals surface area contributed by atoms with Gasteiger partial charge in [-0.2, -0.15) is 13.2 Å². The molecule has 140 valence electrons. The van der Waals surface area contributed by atoms with Crippen LogP contribution in [0, 0.1) is 0 Å². The van der Waals surface area contributed by atoms with Crippen molar-refractivity contribution in [2.24, 2.45) is 0 Å². The number of amides is 2. The Labute approximate surface area is 158 Å². The van der Waals surface area contributed by atoms with Crippen LogP contribution in [-0.4, -0.2) is 39.4 Å². The number of halogens is 3. The summed E-state index contributed by atoms with van der Waals surface area (Å²) in [6, 6.07) is 4.26. The normalized spacial score (nSPS) is 21.4. The van der Waals surface area contributed by atoms with Gasteiger partial charge in [0.05, 0.1) is 11.3 Å². The number of hydrogen-bond donors (Lipinski definition) is 0. The summed E-state index contributed by atoms with van der Waals surface area (Å²) in [6.45, 7) is 1.66. The van der Waals surface area contributed by atoms with Gasteiger partial charge in [0.25, 0.3) is 0 Å². The average molecular weight is 402 g/mol. The van der Waals surface area contributed by atoms with Crippen molar-refractivity contribution in [1.29, 1.82) is 0 Å². The zero-order valence-electron chi connectivity index (χ0n) is 13.8. The summed E-state index contributed by atoms with van der Waals surface area (Å²) in [7, 11) is 0. The van der Waals surface area contributed by atoms with E-state index in [4.69, 9.17) is 12.2 Å². The Kier molecular flexibility index (Phi) is 5.57. The fourth-order valence-electron chi connectivity index (χ4n) is 3.06. The first-order valence-corrected chi connectivity index (χ1v) is 9.56. The molecular formula is C17H17F3N2O2S2. The molecule has 1 aromatic rings. The maximum Gasteiger partial charge on any atom is 0.416 e. The summed E-state index contributed by atoms with van der Waals surface area (Å²) in [6.07, 6.45) is -1.38. The lowest BCUT2D eigenvalue weighted by Crippen LogP contribution is -2.35. The van der Waals surface area contributed by atoms with Crippen molar-refractivity contribution in [3.05, 3.63) is 29.8 Å². The standard InChI is InChI=1S/C17H17F3N2O2S2/c18-17(19,20)11-5-4-6-12(9-11)22-14(23)10-13(15(22)24)26-16(25)21-7-2-1-3-8-21/h4-6,9,13H,1-3,7-8,10H2.